The molecule has 4 rings (SSSR count). The topological polar surface area (TPSA) is 88.9 Å². The molecule has 7 nitrogen and oxygen atoms in total. The van der Waals surface area contributed by atoms with E-state index in [2.05, 4.69) is 20.7 Å². The molecule has 1 aliphatic carbocycles. The van der Waals surface area contributed by atoms with Gasteiger partial charge in [-0.2, -0.15) is 5.10 Å². The van der Waals surface area contributed by atoms with E-state index in [9.17, 15) is 14.0 Å². The predicted molar refractivity (Wildman–Crippen MR) is 121 cm³/mol. The lowest BCUT2D eigenvalue weighted by atomic mass is 9.94. The van der Waals surface area contributed by atoms with E-state index in [0.29, 0.717) is 42.7 Å². The number of Topliss-reactive ketones (excluding diaryl/α,β-unsaturated/α-hetero) is 1. The zero-order valence-electron chi connectivity index (χ0n) is 18.4. The second-order valence-corrected chi connectivity index (χ2v) is 8.19. The number of pyridine rings is 1. The van der Waals surface area contributed by atoms with Crippen LogP contribution in [-0.2, 0) is 11.3 Å². The van der Waals surface area contributed by atoms with Crippen LogP contribution >= 0.6 is 0 Å². The number of aryl methyl sites for hydroxylation is 1. The summed E-state index contributed by atoms with van der Waals surface area (Å²) < 4.78 is 15.1. The van der Waals surface area contributed by atoms with Crippen molar-refractivity contribution in [2.24, 2.45) is 0 Å². The lowest BCUT2D eigenvalue weighted by molar-refractivity contribution is -0.120. The number of rotatable bonds is 7. The van der Waals surface area contributed by atoms with Gasteiger partial charge in [0.15, 0.2) is 5.65 Å². The average molecular weight is 438 g/mol. The van der Waals surface area contributed by atoms with Crippen molar-refractivity contribution in [2.45, 2.75) is 64.6 Å². The number of carbonyl (C=O) groups is 2. The molecule has 0 radical (unpaired) electrons. The Morgan fingerprint density at radius 3 is 2.56 bits per heavy atom. The molecule has 3 aromatic rings. The highest BCUT2D eigenvalue weighted by atomic mass is 19.1. The van der Waals surface area contributed by atoms with E-state index >= 15 is 0 Å². The third-order valence-corrected chi connectivity index (χ3v) is 6.09. The smallest absolute Gasteiger partial charge is 0.255 e. The number of ketones is 1. The molecule has 1 fully saturated rings. The first-order valence-electron chi connectivity index (χ1n) is 11.2. The molecule has 8 heteroatoms. The molecule has 1 amide bonds. The first-order chi connectivity index (χ1) is 15.5. The van der Waals surface area contributed by atoms with Crippen molar-refractivity contribution < 1.29 is 14.0 Å². The fraction of sp³-hybridized carbons (Fsp3) is 0.417. The molecule has 0 aliphatic heterocycles. The SMILES string of the molecule is CCC(NC(=O)c1cnc2c(cnn2CC)c1NC1CCC(=O)CC1)c1ccc(F)cc1. The van der Waals surface area contributed by atoms with Gasteiger partial charge in [0.2, 0.25) is 0 Å². The number of halogens is 1. The van der Waals surface area contributed by atoms with Gasteiger partial charge < -0.3 is 10.6 Å². The van der Waals surface area contributed by atoms with Gasteiger partial charge in [0.1, 0.15) is 11.6 Å². The first-order valence-corrected chi connectivity index (χ1v) is 11.2. The molecule has 2 N–H and O–H groups in total. The normalized spacial score (nSPS) is 15.7. The molecule has 1 aromatic carbocycles. The van der Waals surface area contributed by atoms with E-state index in [4.69, 9.17) is 0 Å². The van der Waals surface area contributed by atoms with Gasteiger partial charge in [-0.1, -0.05) is 19.1 Å². The Morgan fingerprint density at radius 1 is 1.19 bits per heavy atom. The first kappa shape index (κ1) is 21.9. The summed E-state index contributed by atoms with van der Waals surface area (Å²) in [5.74, 6) is -0.283. The van der Waals surface area contributed by atoms with E-state index in [0.717, 1.165) is 23.8 Å². The second kappa shape index (κ2) is 9.46. The highest BCUT2D eigenvalue weighted by Crippen LogP contribution is 2.30. The Labute approximate surface area is 186 Å². The highest BCUT2D eigenvalue weighted by molar-refractivity contribution is 6.06. The molecule has 168 valence electrons. The average Bonchev–Trinajstić information content (AvgIpc) is 3.23. The third-order valence-electron chi connectivity index (χ3n) is 6.09. The lowest BCUT2D eigenvalue weighted by Gasteiger charge is -2.25. The van der Waals surface area contributed by atoms with Gasteiger partial charge in [-0.3, -0.25) is 9.59 Å². The minimum absolute atomic E-state index is 0.105. The van der Waals surface area contributed by atoms with E-state index in [1.54, 1.807) is 29.2 Å². The number of carbonyl (C=O) groups excluding carboxylic acids is 2. The zero-order valence-corrected chi connectivity index (χ0v) is 18.4. The second-order valence-electron chi connectivity index (χ2n) is 8.19. The molecule has 1 unspecified atom stereocenters. The fourth-order valence-corrected chi connectivity index (χ4v) is 4.23. The van der Waals surface area contributed by atoms with Crippen LogP contribution in [0.3, 0.4) is 0 Å². The number of nitrogens with zero attached hydrogens (tertiary/aromatic N) is 3. The van der Waals surface area contributed by atoms with Gasteiger partial charge in [0, 0.05) is 31.6 Å². The van der Waals surface area contributed by atoms with Crippen molar-refractivity contribution in [2.75, 3.05) is 5.32 Å². The number of nitrogens with one attached hydrogen (secondary N) is 2. The Morgan fingerprint density at radius 2 is 1.91 bits per heavy atom. The van der Waals surface area contributed by atoms with Gasteiger partial charge >= 0.3 is 0 Å². The number of aromatic nitrogens is 3. The van der Waals surface area contributed by atoms with Crippen LogP contribution in [0.4, 0.5) is 10.1 Å². The van der Waals surface area contributed by atoms with Crippen molar-refractivity contribution in [1.29, 1.82) is 0 Å². The minimum Gasteiger partial charge on any atom is -0.381 e. The summed E-state index contributed by atoms with van der Waals surface area (Å²) in [6, 6.07) is 6.03. The van der Waals surface area contributed by atoms with E-state index in [-0.39, 0.29) is 29.6 Å². The maximum Gasteiger partial charge on any atom is 0.255 e. The maximum atomic E-state index is 13.3. The zero-order chi connectivity index (χ0) is 22.7. The molecule has 2 heterocycles. The monoisotopic (exact) mass is 437 g/mol. The number of fused-ring (bicyclic) bond motifs is 1. The molecular formula is C24H28FN5O2. The molecule has 1 aliphatic rings. The van der Waals surface area contributed by atoms with Crippen LogP contribution in [0.5, 0.6) is 0 Å². The van der Waals surface area contributed by atoms with Gasteiger partial charge in [-0.05, 0) is 43.9 Å². The Bertz CT molecular complexity index is 1120. The lowest BCUT2D eigenvalue weighted by Crippen LogP contribution is -2.31. The largest absolute Gasteiger partial charge is 0.381 e. The molecule has 32 heavy (non-hydrogen) atoms. The highest BCUT2D eigenvalue weighted by Gasteiger charge is 2.25. The third kappa shape index (κ3) is 4.49. The molecule has 0 saturated heterocycles. The summed E-state index contributed by atoms with van der Waals surface area (Å²) in [6.07, 6.45) is 6.54. The number of amides is 1. The summed E-state index contributed by atoms with van der Waals surface area (Å²) in [6.45, 7) is 4.63. The standard InChI is InChI=1S/C24H28FN5O2/c1-3-21(15-5-7-16(25)8-6-15)29-24(32)20-13-26-23-19(14-27-30(23)4-2)22(20)28-17-9-11-18(31)12-10-17/h5-8,13-14,17,21H,3-4,9-12H2,1-2H3,(H,26,28)(H,29,32). The van der Waals surface area contributed by atoms with E-state index < -0.39 is 0 Å². The van der Waals surface area contributed by atoms with Gasteiger partial charge in [-0.25, -0.2) is 14.1 Å². The molecule has 0 spiro atoms. The summed E-state index contributed by atoms with van der Waals surface area (Å²) in [5, 5.41) is 11.8. The number of anilines is 1. The maximum absolute atomic E-state index is 13.3. The van der Waals surface area contributed by atoms with Crippen LogP contribution in [0, 0.1) is 5.82 Å². The van der Waals surface area contributed by atoms with Crippen molar-refractivity contribution in [3.63, 3.8) is 0 Å². The summed E-state index contributed by atoms with van der Waals surface area (Å²) in [5.41, 5.74) is 2.69. The van der Waals surface area contributed by atoms with Crippen molar-refractivity contribution in [3.8, 4) is 0 Å². The molecule has 1 saturated carbocycles. The fourth-order valence-electron chi connectivity index (χ4n) is 4.23. The summed E-state index contributed by atoms with van der Waals surface area (Å²) in [7, 11) is 0. The van der Waals surface area contributed by atoms with Crippen LogP contribution in [0.2, 0.25) is 0 Å². The number of hydrogen-bond acceptors (Lipinski definition) is 5. The Kier molecular flexibility index (Phi) is 6.48. The minimum atomic E-state index is -0.310. The van der Waals surface area contributed by atoms with Crippen LogP contribution in [-0.4, -0.2) is 32.5 Å². The summed E-state index contributed by atoms with van der Waals surface area (Å²) in [4.78, 5) is 29.5. The quantitative estimate of drug-likeness (QED) is 0.572. The Balaban J connectivity index is 1.66. The van der Waals surface area contributed by atoms with Gasteiger partial charge in [-0.15, -0.1) is 0 Å². The Hall–Kier alpha value is -3.29. The number of benzene rings is 1. The van der Waals surface area contributed by atoms with E-state index in [1.807, 2.05) is 13.8 Å². The molecule has 2 aromatic heterocycles. The van der Waals surface area contributed by atoms with Crippen molar-refractivity contribution in [1.82, 2.24) is 20.1 Å². The molecular weight excluding hydrogens is 409 g/mol. The van der Waals surface area contributed by atoms with Crippen LogP contribution < -0.4 is 10.6 Å². The van der Waals surface area contributed by atoms with Crippen molar-refractivity contribution in [3.05, 3.63) is 53.6 Å². The molecule has 1 atom stereocenters. The molecule has 0 bridgehead atoms. The van der Waals surface area contributed by atoms with Crippen LogP contribution in [0.15, 0.2) is 36.7 Å². The predicted octanol–water partition coefficient (Wildman–Crippen LogP) is 4.40. The van der Waals surface area contributed by atoms with Crippen molar-refractivity contribution >= 4 is 28.4 Å². The van der Waals surface area contributed by atoms with Gasteiger partial charge in [0.05, 0.1) is 28.9 Å². The van der Waals surface area contributed by atoms with E-state index in [1.165, 1.54) is 12.1 Å². The van der Waals surface area contributed by atoms with Gasteiger partial charge in [0.25, 0.3) is 5.91 Å². The van der Waals surface area contributed by atoms with Crippen LogP contribution in [0.1, 0.15) is 67.9 Å². The summed E-state index contributed by atoms with van der Waals surface area (Å²) >= 11 is 0. The van der Waals surface area contributed by atoms with Crippen LogP contribution in [0.25, 0.3) is 11.0 Å². The number of hydrogen-bond donors (Lipinski definition) is 2.